The lowest BCUT2D eigenvalue weighted by Crippen LogP contribution is -2.51. The fraction of sp³-hybridized carbons (Fsp3) is 0.533. The molecule has 112 valence electrons. The summed E-state index contributed by atoms with van der Waals surface area (Å²) in [5.74, 6) is 0.475. The van der Waals surface area contributed by atoms with Crippen LogP contribution in [0.4, 0.5) is 4.79 Å². The van der Waals surface area contributed by atoms with Gasteiger partial charge in [-0.1, -0.05) is 6.92 Å². The summed E-state index contributed by atoms with van der Waals surface area (Å²) >= 11 is 3.35. The Hall–Kier alpha value is -1.43. The molecule has 0 unspecified atom stereocenters. The van der Waals surface area contributed by atoms with Crippen LogP contribution < -0.4 is 5.32 Å². The standard InChI is InChI=1S/C15H18BrN3O2/c1-10-4-6-15(7-5-10)13(20)18-14(21)19(15)9-12-3-2-11(16)8-17-12/h2-3,8,10H,4-7,9H2,1H3,(H,18,20,21). The second-order valence-corrected chi connectivity index (χ2v) is 6.94. The van der Waals surface area contributed by atoms with Gasteiger partial charge in [-0.05, 0) is 59.7 Å². The number of nitrogens with one attached hydrogen (secondary N) is 1. The van der Waals surface area contributed by atoms with E-state index in [0.29, 0.717) is 12.5 Å². The number of hydrogen-bond acceptors (Lipinski definition) is 3. The number of hydrogen-bond donors (Lipinski definition) is 1. The van der Waals surface area contributed by atoms with Crippen molar-refractivity contribution >= 4 is 27.9 Å². The van der Waals surface area contributed by atoms with E-state index in [0.717, 1.165) is 35.8 Å². The summed E-state index contributed by atoms with van der Waals surface area (Å²) in [5.41, 5.74) is 0.124. The molecule has 1 spiro atoms. The van der Waals surface area contributed by atoms with E-state index in [1.165, 1.54) is 0 Å². The van der Waals surface area contributed by atoms with E-state index in [2.05, 4.69) is 33.2 Å². The summed E-state index contributed by atoms with van der Waals surface area (Å²) in [7, 11) is 0. The van der Waals surface area contributed by atoms with Gasteiger partial charge in [0, 0.05) is 10.7 Å². The van der Waals surface area contributed by atoms with Crippen LogP contribution in [0.3, 0.4) is 0 Å². The quantitative estimate of drug-likeness (QED) is 0.833. The van der Waals surface area contributed by atoms with Crippen LogP contribution in [0.5, 0.6) is 0 Å². The highest BCUT2D eigenvalue weighted by molar-refractivity contribution is 9.10. The minimum atomic E-state index is -0.668. The normalized spacial score (nSPS) is 29.0. The van der Waals surface area contributed by atoms with Gasteiger partial charge in [-0.15, -0.1) is 0 Å². The van der Waals surface area contributed by atoms with E-state index < -0.39 is 5.54 Å². The zero-order valence-electron chi connectivity index (χ0n) is 11.9. The molecule has 1 saturated carbocycles. The highest BCUT2D eigenvalue weighted by atomic mass is 79.9. The first-order valence-corrected chi connectivity index (χ1v) is 8.04. The Morgan fingerprint density at radius 3 is 2.71 bits per heavy atom. The average Bonchev–Trinajstić information content (AvgIpc) is 2.68. The fourth-order valence-electron chi connectivity index (χ4n) is 3.22. The van der Waals surface area contributed by atoms with Gasteiger partial charge in [0.1, 0.15) is 5.54 Å². The summed E-state index contributed by atoms with van der Waals surface area (Å²) in [4.78, 5) is 30.5. The van der Waals surface area contributed by atoms with Crippen molar-refractivity contribution in [2.45, 2.75) is 44.7 Å². The number of amides is 3. The van der Waals surface area contributed by atoms with Crippen LogP contribution in [0.25, 0.3) is 0 Å². The molecule has 1 saturated heterocycles. The Bertz CT molecular complexity index is 565. The fourth-order valence-corrected chi connectivity index (χ4v) is 3.45. The van der Waals surface area contributed by atoms with Crippen LogP contribution in [0, 0.1) is 5.92 Å². The molecule has 3 rings (SSSR count). The van der Waals surface area contributed by atoms with Gasteiger partial charge in [0.2, 0.25) is 0 Å². The lowest BCUT2D eigenvalue weighted by Gasteiger charge is -2.39. The molecule has 0 radical (unpaired) electrons. The highest BCUT2D eigenvalue weighted by Crippen LogP contribution is 2.40. The SMILES string of the molecule is CC1CCC2(CC1)C(=O)NC(=O)N2Cc1ccc(Br)cn1. The van der Waals surface area contributed by atoms with Crippen molar-refractivity contribution in [1.82, 2.24) is 15.2 Å². The van der Waals surface area contributed by atoms with E-state index >= 15 is 0 Å². The maximum absolute atomic E-state index is 12.3. The zero-order valence-corrected chi connectivity index (χ0v) is 13.5. The number of carbonyl (C=O) groups is 2. The molecule has 2 fully saturated rings. The van der Waals surface area contributed by atoms with Gasteiger partial charge in [-0.25, -0.2) is 4.79 Å². The maximum Gasteiger partial charge on any atom is 0.325 e. The smallest absolute Gasteiger partial charge is 0.304 e. The first-order chi connectivity index (χ1) is 10.0. The molecule has 21 heavy (non-hydrogen) atoms. The van der Waals surface area contributed by atoms with Crippen molar-refractivity contribution in [2.75, 3.05) is 0 Å². The number of carbonyl (C=O) groups excluding carboxylic acids is 2. The Kier molecular flexibility index (Phi) is 3.73. The molecule has 1 aliphatic carbocycles. The van der Waals surface area contributed by atoms with Crippen molar-refractivity contribution in [3.05, 3.63) is 28.5 Å². The van der Waals surface area contributed by atoms with E-state index in [1.807, 2.05) is 12.1 Å². The molecule has 1 aromatic heterocycles. The van der Waals surface area contributed by atoms with Gasteiger partial charge in [0.25, 0.3) is 5.91 Å². The molecule has 0 bridgehead atoms. The van der Waals surface area contributed by atoms with Gasteiger partial charge in [-0.2, -0.15) is 0 Å². The van der Waals surface area contributed by atoms with Crippen LogP contribution in [0.2, 0.25) is 0 Å². The van der Waals surface area contributed by atoms with Crippen LogP contribution in [0.15, 0.2) is 22.8 Å². The van der Waals surface area contributed by atoms with Crippen molar-refractivity contribution in [3.63, 3.8) is 0 Å². The van der Waals surface area contributed by atoms with Crippen molar-refractivity contribution in [2.24, 2.45) is 5.92 Å². The third-order valence-corrected chi connectivity index (χ3v) is 5.08. The number of aromatic nitrogens is 1. The third-order valence-electron chi connectivity index (χ3n) is 4.62. The number of halogens is 1. The Labute approximate surface area is 132 Å². The van der Waals surface area contributed by atoms with Gasteiger partial charge in [-0.3, -0.25) is 15.1 Å². The maximum atomic E-state index is 12.3. The number of urea groups is 1. The van der Waals surface area contributed by atoms with E-state index in [-0.39, 0.29) is 11.9 Å². The van der Waals surface area contributed by atoms with Gasteiger partial charge < -0.3 is 4.90 Å². The minimum absolute atomic E-state index is 0.142. The summed E-state index contributed by atoms with van der Waals surface area (Å²) in [6.45, 7) is 2.57. The molecule has 5 nitrogen and oxygen atoms in total. The molecule has 3 amide bonds. The number of rotatable bonds is 2. The van der Waals surface area contributed by atoms with Gasteiger partial charge in [0.15, 0.2) is 0 Å². The first kappa shape index (κ1) is 14.5. The first-order valence-electron chi connectivity index (χ1n) is 7.25. The van der Waals surface area contributed by atoms with Gasteiger partial charge >= 0.3 is 6.03 Å². The topological polar surface area (TPSA) is 62.3 Å². The molecule has 6 heteroatoms. The van der Waals surface area contributed by atoms with Crippen molar-refractivity contribution < 1.29 is 9.59 Å². The molecule has 2 aliphatic rings. The second-order valence-electron chi connectivity index (χ2n) is 6.03. The molecule has 1 aromatic rings. The van der Waals surface area contributed by atoms with Crippen LogP contribution in [-0.4, -0.2) is 27.4 Å². The predicted molar refractivity (Wildman–Crippen MR) is 81.4 cm³/mol. The lowest BCUT2D eigenvalue weighted by atomic mass is 9.76. The molecule has 2 heterocycles. The van der Waals surface area contributed by atoms with E-state index in [9.17, 15) is 9.59 Å². The monoisotopic (exact) mass is 351 g/mol. The molecule has 0 aromatic carbocycles. The lowest BCUT2D eigenvalue weighted by molar-refractivity contribution is -0.128. The van der Waals surface area contributed by atoms with Crippen LogP contribution in [0.1, 0.15) is 38.3 Å². The average molecular weight is 352 g/mol. The molecule has 0 atom stereocenters. The summed E-state index contributed by atoms with van der Waals surface area (Å²) in [6, 6.07) is 3.48. The summed E-state index contributed by atoms with van der Waals surface area (Å²) in [5, 5.41) is 2.48. The van der Waals surface area contributed by atoms with E-state index in [4.69, 9.17) is 0 Å². The molecular formula is C15H18BrN3O2. The van der Waals surface area contributed by atoms with Crippen molar-refractivity contribution in [1.29, 1.82) is 0 Å². The number of pyridine rings is 1. The molecule has 1 N–H and O–H groups in total. The second kappa shape index (κ2) is 5.40. The number of imide groups is 1. The Balaban J connectivity index is 1.85. The predicted octanol–water partition coefficient (Wildman–Crippen LogP) is 2.84. The van der Waals surface area contributed by atoms with Crippen LogP contribution in [-0.2, 0) is 11.3 Å². The van der Waals surface area contributed by atoms with E-state index in [1.54, 1.807) is 11.1 Å². The molecular weight excluding hydrogens is 334 g/mol. The Morgan fingerprint density at radius 2 is 2.10 bits per heavy atom. The highest BCUT2D eigenvalue weighted by Gasteiger charge is 2.53. The number of nitrogens with zero attached hydrogens (tertiary/aromatic N) is 2. The Morgan fingerprint density at radius 1 is 1.38 bits per heavy atom. The third kappa shape index (κ3) is 2.57. The van der Waals surface area contributed by atoms with Crippen molar-refractivity contribution in [3.8, 4) is 0 Å². The van der Waals surface area contributed by atoms with Gasteiger partial charge in [0.05, 0.1) is 12.2 Å². The molecule has 1 aliphatic heterocycles. The summed E-state index contributed by atoms with van der Waals surface area (Å²) < 4.78 is 0.898. The minimum Gasteiger partial charge on any atom is -0.304 e. The summed E-state index contributed by atoms with van der Waals surface area (Å²) in [6.07, 6.45) is 5.14. The largest absolute Gasteiger partial charge is 0.325 e. The van der Waals surface area contributed by atoms with Crippen LogP contribution >= 0.6 is 15.9 Å². The zero-order chi connectivity index (χ0) is 15.0.